The lowest BCUT2D eigenvalue weighted by Crippen LogP contribution is -2.18. The van der Waals surface area contributed by atoms with Crippen LogP contribution in [0.1, 0.15) is 17.5 Å². The van der Waals surface area contributed by atoms with Crippen molar-refractivity contribution in [2.75, 3.05) is 19.0 Å². The lowest BCUT2D eigenvalue weighted by Gasteiger charge is -2.11. The van der Waals surface area contributed by atoms with Crippen molar-refractivity contribution in [1.82, 2.24) is 0 Å². The molecule has 11 nitrogen and oxygen atoms in total. The van der Waals surface area contributed by atoms with Crippen LogP contribution in [0.5, 0.6) is 11.5 Å². The number of nitrogen functional groups attached to an aromatic ring is 2. The van der Waals surface area contributed by atoms with Gasteiger partial charge in [-0.3, -0.25) is 15.4 Å². The molecular formula is C19H24Br2N4O7S. The molecule has 14 heteroatoms. The van der Waals surface area contributed by atoms with E-state index in [4.69, 9.17) is 46.5 Å². The predicted molar refractivity (Wildman–Crippen MR) is 131 cm³/mol. The Morgan fingerprint density at radius 3 is 1.55 bits per heavy atom. The first-order valence-electron chi connectivity index (χ1n) is 9.15. The van der Waals surface area contributed by atoms with Crippen molar-refractivity contribution >= 4 is 53.6 Å². The van der Waals surface area contributed by atoms with Crippen LogP contribution in [0.3, 0.4) is 0 Å². The number of nitrogens with two attached hydrogens (primary N) is 2. The topological polar surface area (TPSA) is 213 Å². The number of hydrogen-bond donors (Lipinski definition) is 7. The van der Waals surface area contributed by atoms with E-state index < -0.39 is 22.2 Å². The highest BCUT2D eigenvalue weighted by Gasteiger charge is 2.09. The van der Waals surface area contributed by atoms with Crippen LogP contribution in [0.2, 0.25) is 0 Å². The highest BCUT2D eigenvalue weighted by atomic mass is 79.9. The van der Waals surface area contributed by atoms with Crippen LogP contribution < -0.4 is 20.9 Å². The normalized spacial score (nSPS) is 10.8. The fourth-order valence-electron chi connectivity index (χ4n) is 2.18. The maximum absolute atomic E-state index is 9.68. The number of nitrogens with one attached hydrogen (secondary N) is 2. The third-order valence-electron chi connectivity index (χ3n) is 3.65. The summed E-state index contributed by atoms with van der Waals surface area (Å²) in [6.45, 7) is 0.975. The largest absolute Gasteiger partial charge is 0.492 e. The van der Waals surface area contributed by atoms with Gasteiger partial charge in [-0.1, -0.05) is 0 Å². The van der Waals surface area contributed by atoms with Crippen LogP contribution in [0.15, 0.2) is 45.3 Å². The molecule has 0 amide bonds. The van der Waals surface area contributed by atoms with Gasteiger partial charge in [-0.15, -0.1) is 0 Å². The van der Waals surface area contributed by atoms with Gasteiger partial charge in [0.15, 0.2) is 6.29 Å². The molecule has 0 aliphatic heterocycles. The number of hydrogen-bond acceptors (Lipinski definition) is 8. The second-order valence-electron chi connectivity index (χ2n) is 6.40. The Balaban J connectivity index is 0.000000582. The molecule has 2 aromatic rings. The van der Waals surface area contributed by atoms with Crippen molar-refractivity contribution < 1.29 is 32.7 Å². The van der Waals surface area contributed by atoms with E-state index in [-0.39, 0.29) is 11.7 Å². The average molecular weight is 612 g/mol. The summed E-state index contributed by atoms with van der Waals surface area (Å²) < 4.78 is 40.1. The summed E-state index contributed by atoms with van der Waals surface area (Å²) in [5, 5.41) is 30.6. The van der Waals surface area contributed by atoms with Gasteiger partial charge in [0.05, 0.1) is 22.2 Å². The summed E-state index contributed by atoms with van der Waals surface area (Å²) in [7, 11) is -4.22. The van der Waals surface area contributed by atoms with Crippen molar-refractivity contribution in [3.8, 4) is 11.5 Å². The lowest BCUT2D eigenvalue weighted by atomic mass is 10.2. The molecule has 0 aromatic heterocycles. The number of halogens is 2. The summed E-state index contributed by atoms with van der Waals surface area (Å²) >= 11 is 6.81. The standard InChI is InChI=1S/C17H18Br2N4O2.C2H6O5S/c18-12-8-10(16(20)21)2-4-14(12)24-6-1-7-25-15-5-3-11(17(22)23)9-13(15)19;3-2(4)1-8(5,6)7/h2-5,8-9H,1,6-7H2,(H3,20,21)(H3,22,23);2-4H,1H2,(H,5,6,7). The van der Waals surface area contributed by atoms with Gasteiger partial charge in [0.25, 0.3) is 10.1 Å². The molecule has 0 heterocycles. The maximum Gasteiger partial charge on any atom is 0.269 e. The molecule has 2 aromatic carbocycles. The average Bonchev–Trinajstić information content (AvgIpc) is 2.68. The van der Waals surface area contributed by atoms with Gasteiger partial charge in [0, 0.05) is 17.5 Å². The molecule has 0 spiro atoms. The smallest absolute Gasteiger partial charge is 0.269 e. The third-order valence-corrected chi connectivity index (χ3v) is 5.61. The van der Waals surface area contributed by atoms with Crippen molar-refractivity contribution in [2.45, 2.75) is 12.7 Å². The van der Waals surface area contributed by atoms with Crippen molar-refractivity contribution in [3.63, 3.8) is 0 Å². The number of aliphatic hydroxyl groups is 2. The molecule has 0 unspecified atom stereocenters. The van der Waals surface area contributed by atoms with E-state index in [1.165, 1.54) is 0 Å². The first kappa shape index (κ1) is 28.8. The minimum Gasteiger partial charge on any atom is -0.492 e. The Morgan fingerprint density at radius 2 is 1.30 bits per heavy atom. The highest BCUT2D eigenvalue weighted by Crippen LogP contribution is 2.27. The van der Waals surface area contributed by atoms with E-state index >= 15 is 0 Å². The SMILES string of the molecule is N=C(N)c1ccc(OCCCOc2ccc(C(=N)N)cc2Br)c(Br)c1.O=S(=O)(O)CC(O)O. The van der Waals surface area contributed by atoms with Crippen LogP contribution in [0.25, 0.3) is 0 Å². The number of aliphatic hydroxyl groups excluding tert-OH is 1. The zero-order chi connectivity index (χ0) is 25.2. The Hall–Kier alpha value is -2.23. The molecule has 33 heavy (non-hydrogen) atoms. The lowest BCUT2D eigenvalue weighted by molar-refractivity contribution is -0.0207. The molecule has 2 rings (SSSR count). The van der Waals surface area contributed by atoms with Crippen molar-refractivity contribution in [1.29, 1.82) is 10.8 Å². The summed E-state index contributed by atoms with van der Waals surface area (Å²) in [6, 6.07) is 10.5. The Labute approximate surface area is 207 Å². The van der Waals surface area contributed by atoms with Gasteiger partial charge in [-0.2, -0.15) is 8.42 Å². The first-order chi connectivity index (χ1) is 15.3. The van der Waals surface area contributed by atoms with Gasteiger partial charge in [0.1, 0.15) is 28.9 Å². The molecular weight excluding hydrogens is 588 g/mol. The minimum absolute atomic E-state index is 0.0158. The molecule has 0 aliphatic carbocycles. The number of rotatable bonds is 10. The number of benzene rings is 2. The van der Waals surface area contributed by atoms with E-state index in [2.05, 4.69) is 31.9 Å². The van der Waals surface area contributed by atoms with Crippen LogP contribution in [0.4, 0.5) is 0 Å². The fraction of sp³-hybridized carbons (Fsp3) is 0.263. The summed E-state index contributed by atoms with van der Waals surface area (Å²) in [6.07, 6.45) is -1.30. The van der Waals surface area contributed by atoms with Crippen LogP contribution >= 0.6 is 31.9 Å². The molecule has 0 aliphatic rings. The Morgan fingerprint density at radius 1 is 0.909 bits per heavy atom. The van der Waals surface area contributed by atoms with E-state index in [9.17, 15) is 8.42 Å². The molecule has 0 atom stereocenters. The molecule has 9 N–H and O–H groups in total. The highest BCUT2D eigenvalue weighted by molar-refractivity contribution is 9.10. The molecule has 0 radical (unpaired) electrons. The van der Waals surface area contributed by atoms with E-state index in [1.807, 2.05) is 0 Å². The summed E-state index contributed by atoms with van der Waals surface area (Å²) in [5.74, 6) is 0.380. The van der Waals surface area contributed by atoms with Crippen LogP contribution in [-0.2, 0) is 10.1 Å². The van der Waals surface area contributed by atoms with Crippen molar-refractivity contribution in [3.05, 3.63) is 56.5 Å². The third kappa shape index (κ3) is 11.5. The Bertz CT molecular complexity index is 1020. The molecule has 0 bridgehead atoms. The summed E-state index contributed by atoms with van der Waals surface area (Å²) in [5.41, 5.74) is 12.2. The van der Waals surface area contributed by atoms with Gasteiger partial charge >= 0.3 is 0 Å². The molecule has 0 fully saturated rings. The first-order valence-corrected chi connectivity index (χ1v) is 12.3. The fourth-order valence-corrected chi connectivity index (χ4v) is 3.55. The Kier molecular flexibility index (Phi) is 11.8. The molecule has 0 saturated heterocycles. The quantitative estimate of drug-likeness (QED) is 0.0684. The van der Waals surface area contributed by atoms with Crippen molar-refractivity contribution in [2.24, 2.45) is 11.5 Å². The second-order valence-corrected chi connectivity index (χ2v) is 9.60. The van der Waals surface area contributed by atoms with E-state index in [0.717, 1.165) is 8.95 Å². The van der Waals surface area contributed by atoms with Gasteiger partial charge in [0.2, 0.25) is 0 Å². The predicted octanol–water partition coefficient (Wildman–Crippen LogP) is 1.81. The zero-order valence-corrected chi connectivity index (χ0v) is 21.2. The number of ether oxygens (including phenoxy) is 2. The van der Waals surface area contributed by atoms with Gasteiger partial charge in [-0.05, 0) is 68.3 Å². The van der Waals surface area contributed by atoms with Crippen LogP contribution in [0, 0.1) is 10.8 Å². The second kappa shape index (κ2) is 13.5. The maximum atomic E-state index is 9.68. The number of amidine groups is 2. The van der Waals surface area contributed by atoms with Gasteiger partial charge < -0.3 is 31.2 Å². The zero-order valence-electron chi connectivity index (χ0n) is 17.2. The molecule has 0 saturated carbocycles. The minimum atomic E-state index is -4.22. The van der Waals surface area contributed by atoms with E-state index in [1.54, 1.807) is 36.4 Å². The van der Waals surface area contributed by atoms with Gasteiger partial charge in [-0.25, -0.2) is 0 Å². The van der Waals surface area contributed by atoms with E-state index in [0.29, 0.717) is 42.3 Å². The summed E-state index contributed by atoms with van der Waals surface area (Å²) in [4.78, 5) is 0. The monoisotopic (exact) mass is 610 g/mol. The molecule has 182 valence electrons. The van der Waals surface area contributed by atoms with Crippen LogP contribution in [-0.4, -0.2) is 60.1 Å².